The zero-order valence-electron chi connectivity index (χ0n) is 13.9. The molecule has 1 aromatic carbocycles. The molecule has 0 unspecified atom stereocenters. The molecule has 0 spiro atoms. The van der Waals surface area contributed by atoms with Crippen LogP contribution in [0.3, 0.4) is 0 Å². The Hall–Kier alpha value is -2.67. The van der Waals surface area contributed by atoms with Crippen molar-refractivity contribution >= 4 is 28.5 Å². The minimum Gasteiger partial charge on any atom is -0.497 e. The molecule has 0 aliphatic heterocycles. The van der Waals surface area contributed by atoms with Crippen molar-refractivity contribution in [1.29, 1.82) is 0 Å². The van der Waals surface area contributed by atoms with Crippen molar-refractivity contribution in [2.45, 2.75) is 6.92 Å². The normalized spacial score (nSPS) is 10.8. The van der Waals surface area contributed by atoms with Gasteiger partial charge in [0.1, 0.15) is 22.0 Å². The van der Waals surface area contributed by atoms with Crippen molar-refractivity contribution in [3.05, 3.63) is 40.5 Å². The molecule has 0 atom stereocenters. The number of nitrogens with zero attached hydrogens (tertiary/aromatic N) is 3. The summed E-state index contributed by atoms with van der Waals surface area (Å²) in [6.07, 6.45) is 0.776. The third-order valence-electron chi connectivity index (χ3n) is 3.79. The van der Waals surface area contributed by atoms with Crippen molar-refractivity contribution in [2.75, 3.05) is 21.2 Å². The number of rotatable bonds is 4. The molecule has 7 heteroatoms. The summed E-state index contributed by atoms with van der Waals surface area (Å²) >= 11 is 1.29. The molecule has 24 heavy (non-hydrogen) atoms. The third kappa shape index (κ3) is 2.46. The van der Waals surface area contributed by atoms with E-state index < -0.39 is 0 Å². The molecule has 0 radical (unpaired) electrons. The van der Waals surface area contributed by atoms with Crippen LogP contribution in [0, 0.1) is 6.92 Å². The quantitative estimate of drug-likeness (QED) is 0.683. The van der Waals surface area contributed by atoms with E-state index in [-0.39, 0.29) is 5.91 Å². The van der Waals surface area contributed by atoms with Gasteiger partial charge < -0.3 is 9.64 Å². The van der Waals surface area contributed by atoms with Crippen molar-refractivity contribution < 1.29 is 14.3 Å². The molecule has 124 valence electrons. The van der Waals surface area contributed by atoms with Crippen LogP contribution in [0.1, 0.15) is 25.9 Å². The highest BCUT2D eigenvalue weighted by Gasteiger charge is 2.23. The zero-order chi connectivity index (χ0) is 17.4. The maximum Gasteiger partial charge on any atom is 0.265 e. The van der Waals surface area contributed by atoms with E-state index in [1.165, 1.54) is 16.2 Å². The number of aryl methyl sites for hydroxylation is 1. The number of fused-ring (bicyclic) bond motifs is 1. The summed E-state index contributed by atoms with van der Waals surface area (Å²) in [5, 5.41) is 0. The van der Waals surface area contributed by atoms with E-state index in [2.05, 4.69) is 4.98 Å². The van der Waals surface area contributed by atoms with E-state index in [1.807, 2.05) is 31.2 Å². The van der Waals surface area contributed by atoms with Crippen molar-refractivity contribution in [3.63, 3.8) is 0 Å². The number of imidazole rings is 1. The Labute approximate surface area is 143 Å². The summed E-state index contributed by atoms with van der Waals surface area (Å²) in [6, 6.07) is 7.40. The summed E-state index contributed by atoms with van der Waals surface area (Å²) in [5.74, 6) is 0.601. The van der Waals surface area contributed by atoms with E-state index in [9.17, 15) is 9.59 Å². The highest BCUT2D eigenvalue weighted by atomic mass is 32.1. The van der Waals surface area contributed by atoms with E-state index >= 15 is 0 Å². The van der Waals surface area contributed by atoms with Gasteiger partial charge in [0.15, 0.2) is 11.2 Å². The van der Waals surface area contributed by atoms with Gasteiger partial charge in [0.2, 0.25) is 0 Å². The van der Waals surface area contributed by atoms with Crippen LogP contribution < -0.4 is 4.74 Å². The minimum atomic E-state index is -0.0946. The van der Waals surface area contributed by atoms with Crippen LogP contribution in [-0.2, 0) is 0 Å². The molecule has 1 amide bonds. The number of carbonyl (C=O) groups excluding carboxylic acids is 2. The molecule has 2 aromatic heterocycles. The Balaban J connectivity index is 2.21. The summed E-state index contributed by atoms with van der Waals surface area (Å²) in [7, 11) is 4.99. The molecule has 0 saturated heterocycles. The van der Waals surface area contributed by atoms with Crippen LogP contribution in [0.4, 0.5) is 0 Å². The number of amides is 1. The number of aldehydes is 1. The molecule has 0 aliphatic rings. The lowest BCUT2D eigenvalue weighted by Gasteiger charge is -2.09. The summed E-state index contributed by atoms with van der Waals surface area (Å²) in [6.45, 7) is 1.82. The SMILES string of the molecule is COc1cccc(-c2nc3sc(C(=O)N(C)C)c(C)n3c2C=O)c1. The van der Waals surface area contributed by atoms with E-state index in [0.717, 1.165) is 17.5 Å². The number of aromatic nitrogens is 2. The van der Waals surface area contributed by atoms with Crippen molar-refractivity contribution in [2.24, 2.45) is 0 Å². The predicted molar refractivity (Wildman–Crippen MR) is 93.2 cm³/mol. The molecular formula is C17H17N3O3S. The highest BCUT2D eigenvalue weighted by molar-refractivity contribution is 7.19. The largest absolute Gasteiger partial charge is 0.497 e. The van der Waals surface area contributed by atoms with Crippen LogP contribution in [-0.4, -0.2) is 47.7 Å². The lowest BCUT2D eigenvalue weighted by molar-refractivity contribution is 0.0831. The number of hydrogen-bond donors (Lipinski definition) is 0. The van der Waals surface area contributed by atoms with E-state index in [0.29, 0.717) is 27.0 Å². The molecule has 0 fully saturated rings. The van der Waals surface area contributed by atoms with Crippen LogP contribution in [0.5, 0.6) is 5.75 Å². The van der Waals surface area contributed by atoms with Gasteiger partial charge in [-0.1, -0.05) is 23.5 Å². The lowest BCUT2D eigenvalue weighted by Crippen LogP contribution is -2.21. The molecule has 0 bridgehead atoms. The first-order chi connectivity index (χ1) is 11.5. The summed E-state index contributed by atoms with van der Waals surface area (Å²) in [5.41, 5.74) is 2.54. The monoisotopic (exact) mass is 343 g/mol. The highest BCUT2D eigenvalue weighted by Crippen LogP contribution is 2.32. The molecule has 2 heterocycles. The average molecular weight is 343 g/mol. The van der Waals surface area contributed by atoms with Crippen LogP contribution in [0.15, 0.2) is 24.3 Å². The van der Waals surface area contributed by atoms with Gasteiger partial charge in [-0.05, 0) is 19.1 Å². The molecule has 3 rings (SSSR count). The second kappa shape index (κ2) is 6.09. The second-order valence-electron chi connectivity index (χ2n) is 5.53. The standard InChI is InChI=1S/C17H17N3O3S/c1-10-15(16(22)19(2)3)24-17-18-14(13(9-21)20(10)17)11-6-5-7-12(8-11)23-4/h5-9H,1-4H3. The molecular weight excluding hydrogens is 326 g/mol. The Morgan fingerprint density at radius 1 is 1.38 bits per heavy atom. The number of hydrogen-bond acceptors (Lipinski definition) is 5. The number of benzene rings is 1. The van der Waals surface area contributed by atoms with Gasteiger partial charge >= 0.3 is 0 Å². The maximum absolute atomic E-state index is 12.3. The predicted octanol–water partition coefficient (Wildman–Crippen LogP) is 2.89. The lowest BCUT2D eigenvalue weighted by atomic mass is 10.1. The molecule has 0 N–H and O–H groups in total. The Kier molecular flexibility index (Phi) is 4.11. The number of carbonyl (C=O) groups is 2. The molecule has 6 nitrogen and oxygen atoms in total. The zero-order valence-corrected chi connectivity index (χ0v) is 14.7. The van der Waals surface area contributed by atoms with Crippen molar-refractivity contribution in [3.8, 4) is 17.0 Å². The fraction of sp³-hybridized carbons (Fsp3) is 0.235. The first-order valence-corrected chi connectivity index (χ1v) is 8.12. The smallest absolute Gasteiger partial charge is 0.265 e. The Morgan fingerprint density at radius 3 is 2.75 bits per heavy atom. The molecule has 3 aromatic rings. The van der Waals surface area contributed by atoms with Crippen LogP contribution >= 0.6 is 11.3 Å². The van der Waals surface area contributed by atoms with E-state index in [1.54, 1.807) is 25.6 Å². The fourth-order valence-corrected chi connectivity index (χ4v) is 3.72. The average Bonchev–Trinajstić information content (AvgIpc) is 3.10. The molecule has 0 aliphatic carbocycles. The Morgan fingerprint density at radius 2 is 2.12 bits per heavy atom. The fourth-order valence-electron chi connectivity index (χ4n) is 2.56. The molecule has 0 saturated carbocycles. The summed E-state index contributed by atoms with van der Waals surface area (Å²) < 4.78 is 6.97. The maximum atomic E-state index is 12.3. The minimum absolute atomic E-state index is 0.0946. The van der Waals surface area contributed by atoms with Gasteiger partial charge in [-0.25, -0.2) is 4.98 Å². The first-order valence-electron chi connectivity index (χ1n) is 7.31. The third-order valence-corrected chi connectivity index (χ3v) is 4.93. The first kappa shape index (κ1) is 16.2. The van der Waals surface area contributed by atoms with Gasteiger partial charge in [0.05, 0.1) is 7.11 Å². The van der Waals surface area contributed by atoms with Gasteiger partial charge in [-0.15, -0.1) is 0 Å². The van der Waals surface area contributed by atoms with E-state index in [4.69, 9.17) is 4.74 Å². The van der Waals surface area contributed by atoms with Gasteiger partial charge in [0, 0.05) is 25.4 Å². The summed E-state index contributed by atoms with van der Waals surface area (Å²) in [4.78, 5) is 31.3. The van der Waals surface area contributed by atoms with Crippen LogP contribution in [0.2, 0.25) is 0 Å². The number of ether oxygens (including phenoxy) is 1. The number of methoxy groups -OCH3 is 1. The topological polar surface area (TPSA) is 63.9 Å². The van der Waals surface area contributed by atoms with Gasteiger partial charge in [-0.2, -0.15) is 0 Å². The van der Waals surface area contributed by atoms with Gasteiger partial charge in [0.25, 0.3) is 5.91 Å². The van der Waals surface area contributed by atoms with Crippen molar-refractivity contribution in [1.82, 2.24) is 14.3 Å². The number of thiazole rings is 1. The van der Waals surface area contributed by atoms with Gasteiger partial charge in [-0.3, -0.25) is 14.0 Å². The second-order valence-corrected chi connectivity index (χ2v) is 6.51. The Bertz CT molecular complexity index is 940. The van der Waals surface area contributed by atoms with Crippen LogP contribution in [0.25, 0.3) is 16.2 Å².